The Morgan fingerprint density at radius 1 is 1.57 bits per heavy atom. The van der Waals surface area contributed by atoms with Crippen LogP contribution in [0.15, 0.2) is 16.4 Å². The van der Waals surface area contributed by atoms with Crippen molar-refractivity contribution in [2.75, 3.05) is 5.32 Å². The molecule has 3 rings (SSSR count). The molecule has 2 heterocycles. The summed E-state index contributed by atoms with van der Waals surface area (Å²) in [5, 5.41) is 14.6. The lowest BCUT2D eigenvalue weighted by atomic mass is 10.0. The van der Waals surface area contributed by atoms with E-state index in [0.29, 0.717) is 11.3 Å². The molecule has 1 atom stereocenters. The first-order valence-electron chi connectivity index (χ1n) is 6.66. The minimum Gasteiger partial charge on any atom is -0.507 e. The number of carbonyl (C=O) groups is 1. The number of pyridine rings is 1. The lowest BCUT2D eigenvalue weighted by Gasteiger charge is -2.14. The quantitative estimate of drug-likeness (QED) is 0.887. The van der Waals surface area contributed by atoms with Crippen molar-refractivity contribution in [3.05, 3.63) is 38.8 Å². The normalized spacial score (nSPS) is 16.8. The molecule has 0 aliphatic heterocycles. The fourth-order valence-corrected chi connectivity index (χ4v) is 3.29. The topological polar surface area (TPSA) is 84.2 Å². The van der Waals surface area contributed by atoms with Crippen molar-refractivity contribution in [1.82, 2.24) is 8.94 Å². The van der Waals surface area contributed by atoms with Gasteiger partial charge in [0.25, 0.3) is 11.5 Å². The van der Waals surface area contributed by atoms with Crippen LogP contribution in [0, 0.1) is 0 Å². The van der Waals surface area contributed by atoms with Crippen LogP contribution in [0.5, 0.6) is 5.75 Å². The summed E-state index contributed by atoms with van der Waals surface area (Å²) < 4.78 is 5.35. The molecule has 21 heavy (non-hydrogen) atoms. The molecule has 2 aromatic heterocycles. The number of hydrogen-bond acceptors (Lipinski definition) is 5. The van der Waals surface area contributed by atoms with Gasteiger partial charge in [0.15, 0.2) is 0 Å². The number of rotatable bonds is 2. The third-order valence-electron chi connectivity index (χ3n) is 3.95. The maximum atomic E-state index is 12.4. The van der Waals surface area contributed by atoms with Crippen molar-refractivity contribution >= 4 is 23.1 Å². The van der Waals surface area contributed by atoms with E-state index >= 15 is 0 Å². The van der Waals surface area contributed by atoms with Crippen molar-refractivity contribution in [1.29, 1.82) is 0 Å². The molecule has 2 aromatic rings. The molecule has 0 bridgehead atoms. The molecular formula is C14H15N3O3S. The third-order valence-corrected chi connectivity index (χ3v) is 4.54. The second kappa shape index (κ2) is 5.00. The van der Waals surface area contributed by atoms with Gasteiger partial charge in [0.2, 0.25) is 0 Å². The van der Waals surface area contributed by atoms with Crippen molar-refractivity contribution < 1.29 is 9.90 Å². The first-order chi connectivity index (χ1) is 10.0. The summed E-state index contributed by atoms with van der Waals surface area (Å²) in [5.74, 6) is -0.643. The monoisotopic (exact) mass is 305 g/mol. The molecule has 2 N–H and O–H groups in total. The highest BCUT2D eigenvalue weighted by Crippen LogP contribution is 2.39. The maximum Gasteiger partial charge on any atom is 0.267 e. The van der Waals surface area contributed by atoms with E-state index in [1.165, 1.54) is 22.3 Å². The number of amides is 1. The molecule has 0 aromatic carbocycles. The van der Waals surface area contributed by atoms with Gasteiger partial charge < -0.3 is 15.0 Å². The van der Waals surface area contributed by atoms with Crippen molar-refractivity contribution in [3.8, 4) is 5.75 Å². The predicted molar refractivity (Wildman–Crippen MR) is 80.2 cm³/mol. The molecule has 0 unspecified atom stereocenters. The van der Waals surface area contributed by atoms with Crippen molar-refractivity contribution in [2.45, 2.75) is 25.7 Å². The van der Waals surface area contributed by atoms with Gasteiger partial charge in [-0.2, -0.15) is 4.37 Å². The van der Waals surface area contributed by atoms with Gasteiger partial charge in [0.05, 0.1) is 11.9 Å². The van der Waals surface area contributed by atoms with Gasteiger partial charge in [0, 0.05) is 23.7 Å². The van der Waals surface area contributed by atoms with Gasteiger partial charge in [0.1, 0.15) is 11.3 Å². The average molecular weight is 305 g/mol. The summed E-state index contributed by atoms with van der Waals surface area (Å²) in [5.41, 5.74) is 1.38. The van der Waals surface area contributed by atoms with Crippen LogP contribution in [0.3, 0.4) is 0 Å². The fraction of sp³-hybridized carbons (Fsp3) is 0.357. The molecule has 0 fully saturated rings. The van der Waals surface area contributed by atoms with Gasteiger partial charge in [-0.3, -0.25) is 9.59 Å². The van der Waals surface area contributed by atoms with Gasteiger partial charge in [-0.15, -0.1) is 0 Å². The van der Waals surface area contributed by atoms with E-state index in [0.717, 1.165) is 18.5 Å². The molecule has 1 amide bonds. The lowest BCUT2D eigenvalue weighted by molar-refractivity contribution is 0.102. The van der Waals surface area contributed by atoms with Crippen molar-refractivity contribution in [3.63, 3.8) is 0 Å². The number of anilines is 1. The summed E-state index contributed by atoms with van der Waals surface area (Å²) in [6, 6.07) is 0. The summed E-state index contributed by atoms with van der Waals surface area (Å²) in [6.07, 6.45) is 3.11. The molecule has 6 nitrogen and oxygen atoms in total. The SMILES string of the molecule is C[C@H]1CCc2c1c(O)c(C(=O)Nc1cnsc1)c(=O)n2C. The Balaban J connectivity index is 2.11. The van der Waals surface area contributed by atoms with Crippen LogP contribution in [0.25, 0.3) is 0 Å². The smallest absolute Gasteiger partial charge is 0.267 e. The zero-order valence-electron chi connectivity index (χ0n) is 11.7. The standard InChI is InChI=1S/C14H15N3O3S/c1-7-3-4-9-10(7)12(18)11(14(20)17(9)2)13(19)16-8-5-15-21-6-8/h5-7,18H,3-4H2,1-2H3,(H,16,19)/t7-/m0/s1. The largest absolute Gasteiger partial charge is 0.507 e. The molecule has 0 spiro atoms. The minimum absolute atomic E-state index is 0.140. The lowest BCUT2D eigenvalue weighted by Crippen LogP contribution is -2.30. The number of aromatic nitrogens is 2. The highest BCUT2D eigenvalue weighted by atomic mass is 32.1. The van der Waals surface area contributed by atoms with Crippen LogP contribution in [-0.2, 0) is 13.5 Å². The van der Waals surface area contributed by atoms with Crippen LogP contribution in [0.2, 0.25) is 0 Å². The van der Waals surface area contributed by atoms with Gasteiger partial charge in [-0.1, -0.05) is 6.92 Å². The maximum absolute atomic E-state index is 12.4. The van der Waals surface area contributed by atoms with Crippen LogP contribution >= 0.6 is 11.5 Å². The molecule has 7 heteroatoms. The first-order valence-corrected chi connectivity index (χ1v) is 7.49. The predicted octanol–water partition coefficient (Wildman–Crippen LogP) is 1.85. The second-order valence-corrected chi connectivity index (χ2v) is 5.91. The van der Waals surface area contributed by atoms with Gasteiger partial charge in [-0.05, 0) is 30.3 Å². The summed E-state index contributed by atoms with van der Waals surface area (Å²) in [7, 11) is 1.64. The molecule has 110 valence electrons. The molecule has 0 saturated heterocycles. The molecule has 0 radical (unpaired) electrons. The Kier molecular flexibility index (Phi) is 3.29. The fourth-order valence-electron chi connectivity index (χ4n) is 2.83. The highest BCUT2D eigenvalue weighted by molar-refractivity contribution is 7.04. The summed E-state index contributed by atoms with van der Waals surface area (Å²) >= 11 is 1.20. The highest BCUT2D eigenvalue weighted by Gasteiger charge is 2.30. The number of fused-ring (bicyclic) bond motifs is 1. The van der Waals surface area contributed by atoms with Crippen LogP contribution < -0.4 is 10.9 Å². The Morgan fingerprint density at radius 2 is 2.33 bits per heavy atom. The molecule has 0 saturated carbocycles. The number of carbonyl (C=O) groups excluding carboxylic acids is 1. The number of nitrogens with zero attached hydrogens (tertiary/aromatic N) is 2. The minimum atomic E-state index is -0.602. The van der Waals surface area contributed by atoms with Gasteiger partial charge in [-0.25, -0.2) is 0 Å². The van der Waals surface area contributed by atoms with E-state index in [4.69, 9.17) is 0 Å². The van der Waals surface area contributed by atoms with Crippen molar-refractivity contribution in [2.24, 2.45) is 7.05 Å². The van der Waals surface area contributed by atoms with E-state index in [2.05, 4.69) is 9.69 Å². The number of nitrogens with one attached hydrogen (secondary N) is 1. The molecule has 1 aliphatic rings. The van der Waals surface area contributed by atoms with Crippen LogP contribution in [0.1, 0.15) is 40.9 Å². The first kappa shape index (κ1) is 13.8. The number of hydrogen-bond donors (Lipinski definition) is 2. The van der Waals surface area contributed by atoms with E-state index in [1.54, 1.807) is 12.4 Å². The van der Waals surface area contributed by atoms with E-state index < -0.39 is 11.5 Å². The van der Waals surface area contributed by atoms with E-state index in [1.807, 2.05) is 6.92 Å². The Labute approximate surface area is 125 Å². The van der Waals surface area contributed by atoms with E-state index in [9.17, 15) is 14.7 Å². The average Bonchev–Trinajstić information content (AvgIpc) is 3.06. The molecule has 1 aliphatic carbocycles. The van der Waals surface area contributed by atoms with Gasteiger partial charge >= 0.3 is 0 Å². The van der Waals surface area contributed by atoms with E-state index in [-0.39, 0.29) is 17.2 Å². The Bertz CT molecular complexity index is 765. The summed E-state index contributed by atoms with van der Waals surface area (Å²) in [4.78, 5) is 24.7. The third kappa shape index (κ3) is 2.13. The zero-order valence-corrected chi connectivity index (χ0v) is 12.5. The van der Waals surface area contributed by atoms with Crippen LogP contribution in [0.4, 0.5) is 5.69 Å². The second-order valence-electron chi connectivity index (χ2n) is 5.26. The Hall–Kier alpha value is -2.15. The summed E-state index contributed by atoms with van der Waals surface area (Å²) in [6.45, 7) is 1.99. The molecular weight excluding hydrogens is 290 g/mol. The van der Waals surface area contributed by atoms with Crippen LogP contribution in [-0.4, -0.2) is 20.0 Å². The Morgan fingerprint density at radius 3 is 3.00 bits per heavy atom. The zero-order chi connectivity index (χ0) is 15.1. The number of aromatic hydroxyl groups is 1.